The first-order valence-corrected chi connectivity index (χ1v) is 9.11. The monoisotopic (exact) mass is 371 g/mol. The van der Waals surface area contributed by atoms with E-state index in [-0.39, 0.29) is 12.0 Å². The molecule has 0 aromatic carbocycles. The molecule has 0 saturated carbocycles. The fourth-order valence-corrected chi connectivity index (χ4v) is 3.54. The first-order valence-electron chi connectivity index (χ1n) is 9.11. The first kappa shape index (κ1) is 17.4. The predicted octanol–water partition coefficient (Wildman–Crippen LogP) is 1.56. The molecule has 9 heteroatoms. The van der Waals surface area contributed by atoms with Crippen molar-refractivity contribution in [2.45, 2.75) is 37.7 Å². The van der Waals surface area contributed by atoms with Crippen LogP contribution in [-0.2, 0) is 16.0 Å². The first-order chi connectivity index (χ1) is 13.1. The van der Waals surface area contributed by atoms with Crippen LogP contribution < -0.4 is 5.32 Å². The van der Waals surface area contributed by atoms with Gasteiger partial charge in [-0.05, 0) is 25.0 Å². The highest BCUT2D eigenvalue weighted by Gasteiger charge is 2.41. The van der Waals surface area contributed by atoms with Gasteiger partial charge in [-0.2, -0.15) is 4.98 Å². The number of aryl methyl sites for hydroxylation is 1. The van der Waals surface area contributed by atoms with E-state index in [9.17, 15) is 9.59 Å². The molecule has 2 fully saturated rings. The minimum atomic E-state index is -0.460. The summed E-state index contributed by atoms with van der Waals surface area (Å²) in [5, 5.41) is 6.67. The maximum atomic E-state index is 12.6. The number of rotatable bonds is 4. The molecule has 2 aliphatic heterocycles. The lowest BCUT2D eigenvalue weighted by Crippen LogP contribution is -2.36. The van der Waals surface area contributed by atoms with Gasteiger partial charge in [0.05, 0.1) is 6.54 Å². The summed E-state index contributed by atoms with van der Waals surface area (Å²) in [6, 6.07) is 3.61. The largest absolute Gasteiger partial charge is 0.441 e. The molecule has 2 aliphatic rings. The van der Waals surface area contributed by atoms with Crippen LogP contribution in [0.1, 0.15) is 31.6 Å². The Kier molecular flexibility index (Phi) is 4.74. The van der Waals surface area contributed by atoms with E-state index in [1.807, 2.05) is 4.90 Å². The molecular formula is C18H21N5O4. The zero-order valence-corrected chi connectivity index (χ0v) is 14.9. The van der Waals surface area contributed by atoms with Crippen LogP contribution in [0.2, 0.25) is 0 Å². The third-order valence-corrected chi connectivity index (χ3v) is 5.07. The molecule has 9 nitrogen and oxygen atoms in total. The van der Waals surface area contributed by atoms with Gasteiger partial charge in [-0.25, -0.2) is 4.79 Å². The molecule has 1 N–H and O–H groups in total. The summed E-state index contributed by atoms with van der Waals surface area (Å²) in [5.74, 6) is 0.982. The van der Waals surface area contributed by atoms with E-state index < -0.39 is 5.60 Å². The molecule has 1 atom stereocenters. The Morgan fingerprint density at radius 2 is 2.11 bits per heavy atom. The molecule has 2 aromatic rings. The third kappa shape index (κ3) is 3.91. The van der Waals surface area contributed by atoms with E-state index in [1.165, 1.54) is 0 Å². The number of carbonyl (C=O) groups excluding carboxylic acids is 2. The van der Waals surface area contributed by atoms with Crippen molar-refractivity contribution in [2.24, 2.45) is 0 Å². The van der Waals surface area contributed by atoms with Crippen molar-refractivity contribution in [3.63, 3.8) is 0 Å². The lowest BCUT2D eigenvalue weighted by Gasteiger charge is -2.24. The van der Waals surface area contributed by atoms with E-state index >= 15 is 0 Å². The minimum absolute atomic E-state index is 0.0491. The summed E-state index contributed by atoms with van der Waals surface area (Å²) < 4.78 is 10.7. The molecule has 4 heterocycles. The quantitative estimate of drug-likeness (QED) is 0.868. The molecule has 0 radical (unpaired) electrons. The van der Waals surface area contributed by atoms with Crippen molar-refractivity contribution >= 4 is 12.0 Å². The van der Waals surface area contributed by atoms with Gasteiger partial charge in [0, 0.05) is 50.3 Å². The Morgan fingerprint density at radius 3 is 2.89 bits per heavy atom. The van der Waals surface area contributed by atoms with Gasteiger partial charge in [0.2, 0.25) is 17.6 Å². The molecule has 0 bridgehead atoms. The number of nitrogens with one attached hydrogen (secondary N) is 1. The summed E-state index contributed by atoms with van der Waals surface area (Å²) in [7, 11) is 0. The number of carbonyl (C=O) groups is 2. The fourth-order valence-electron chi connectivity index (χ4n) is 3.54. The molecular weight excluding hydrogens is 350 g/mol. The van der Waals surface area contributed by atoms with E-state index in [0.29, 0.717) is 50.6 Å². The molecule has 1 spiro atoms. The fraction of sp³-hybridized carbons (Fsp3) is 0.500. The number of likely N-dealkylation sites (tertiary alicyclic amines) is 1. The van der Waals surface area contributed by atoms with Gasteiger partial charge >= 0.3 is 6.09 Å². The molecule has 2 saturated heterocycles. The summed E-state index contributed by atoms with van der Waals surface area (Å²) >= 11 is 0. The van der Waals surface area contributed by atoms with Crippen LogP contribution in [0, 0.1) is 0 Å². The molecule has 27 heavy (non-hydrogen) atoms. The zero-order chi connectivity index (χ0) is 18.7. The number of ether oxygens (including phenoxy) is 1. The molecule has 0 aliphatic carbocycles. The Bertz CT molecular complexity index is 824. The maximum absolute atomic E-state index is 12.6. The highest BCUT2D eigenvalue weighted by molar-refractivity contribution is 5.76. The predicted molar refractivity (Wildman–Crippen MR) is 93.5 cm³/mol. The van der Waals surface area contributed by atoms with Crippen molar-refractivity contribution in [3.8, 4) is 11.4 Å². The van der Waals surface area contributed by atoms with Crippen LogP contribution in [0.25, 0.3) is 11.4 Å². The minimum Gasteiger partial charge on any atom is -0.441 e. The number of hydrogen-bond acceptors (Lipinski definition) is 7. The van der Waals surface area contributed by atoms with Gasteiger partial charge in [-0.1, -0.05) is 5.16 Å². The number of aromatic nitrogens is 3. The summed E-state index contributed by atoms with van der Waals surface area (Å²) in [5.41, 5.74) is 0.363. The van der Waals surface area contributed by atoms with Gasteiger partial charge < -0.3 is 19.5 Å². The van der Waals surface area contributed by atoms with Crippen molar-refractivity contribution in [1.29, 1.82) is 0 Å². The summed E-state index contributed by atoms with van der Waals surface area (Å²) in [6.07, 6.45) is 5.91. The highest BCUT2D eigenvalue weighted by atomic mass is 16.6. The third-order valence-electron chi connectivity index (χ3n) is 5.07. The van der Waals surface area contributed by atoms with E-state index in [4.69, 9.17) is 9.26 Å². The number of pyridine rings is 1. The Morgan fingerprint density at radius 1 is 1.26 bits per heavy atom. The molecule has 0 unspecified atom stereocenters. The second kappa shape index (κ2) is 7.34. The lowest BCUT2D eigenvalue weighted by atomic mass is 9.95. The van der Waals surface area contributed by atoms with E-state index in [1.54, 1.807) is 24.5 Å². The van der Waals surface area contributed by atoms with Crippen LogP contribution in [-0.4, -0.2) is 57.3 Å². The van der Waals surface area contributed by atoms with Gasteiger partial charge in [0.1, 0.15) is 5.60 Å². The molecule has 2 amide bonds. The normalized spacial score (nSPS) is 22.4. The van der Waals surface area contributed by atoms with Gasteiger partial charge in [-0.15, -0.1) is 0 Å². The van der Waals surface area contributed by atoms with Gasteiger partial charge in [0.25, 0.3) is 0 Å². The molecule has 2 aromatic heterocycles. The Balaban J connectivity index is 1.31. The zero-order valence-electron chi connectivity index (χ0n) is 14.9. The van der Waals surface area contributed by atoms with E-state index in [0.717, 1.165) is 18.4 Å². The van der Waals surface area contributed by atoms with Crippen LogP contribution >= 0.6 is 0 Å². The standard InChI is InChI=1S/C18H21N5O4/c24-15(23-10-1-6-18(7-11-23)12-20-17(25)26-18)3-2-14-21-16(22-27-14)13-4-8-19-9-5-13/h4-5,8-9H,1-3,6-7,10-12H2,(H,20,25)/t18-/m0/s1. The van der Waals surface area contributed by atoms with Crippen LogP contribution in [0.4, 0.5) is 4.79 Å². The average molecular weight is 371 g/mol. The van der Waals surface area contributed by atoms with Crippen molar-refractivity contribution in [1.82, 2.24) is 25.3 Å². The maximum Gasteiger partial charge on any atom is 0.407 e. The Hall–Kier alpha value is -2.97. The number of alkyl carbamates (subject to hydrolysis) is 1. The van der Waals surface area contributed by atoms with Gasteiger partial charge in [-0.3, -0.25) is 9.78 Å². The van der Waals surface area contributed by atoms with Crippen molar-refractivity contribution in [3.05, 3.63) is 30.4 Å². The number of amides is 2. The van der Waals surface area contributed by atoms with Crippen LogP contribution in [0.3, 0.4) is 0 Å². The highest BCUT2D eigenvalue weighted by Crippen LogP contribution is 2.29. The lowest BCUT2D eigenvalue weighted by molar-refractivity contribution is -0.131. The number of nitrogens with zero attached hydrogens (tertiary/aromatic N) is 4. The summed E-state index contributed by atoms with van der Waals surface area (Å²) in [6.45, 7) is 1.78. The van der Waals surface area contributed by atoms with E-state index in [2.05, 4.69) is 20.4 Å². The van der Waals surface area contributed by atoms with Crippen LogP contribution in [0.5, 0.6) is 0 Å². The van der Waals surface area contributed by atoms with Gasteiger partial charge in [0.15, 0.2) is 0 Å². The number of hydrogen-bond donors (Lipinski definition) is 1. The second-order valence-corrected chi connectivity index (χ2v) is 6.91. The topological polar surface area (TPSA) is 110 Å². The SMILES string of the molecule is O=C1NC[C@@]2(CCCN(C(=O)CCc3nc(-c4ccncc4)no3)CC2)O1. The molecule has 142 valence electrons. The molecule has 4 rings (SSSR count). The van der Waals surface area contributed by atoms with Crippen LogP contribution in [0.15, 0.2) is 29.0 Å². The van der Waals surface area contributed by atoms with Crippen molar-refractivity contribution in [2.75, 3.05) is 19.6 Å². The smallest absolute Gasteiger partial charge is 0.407 e. The van der Waals surface area contributed by atoms with Crippen molar-refractivity contribution < 1.29 is 18.8 Å². The Labute approximate surface area is 156 Å². The average Bonchev–Trinajstić information content (AvgIpc) is 3.24. The summed E-state index contributed by atoms with van der Waals surface area (Å²) in [4.78, 5) is 34.1. The second-order valence-electron chi connectivity index (χ2n) is 6.91.